The maximum absolute atomic E-state index is 2.50. The van der Waals surface area contributed by atoms with Crippen molar-refractivity contribution in [2.45, 2.75) is 77.8 Å². The van der Waals surface area contributed by atoms with Crippen molar-refractivity contribution in [3.05, 3.63) is 108 Å². The van der Waals surface area contributed by atoms with Gasteiger partial charge in [0.25, 0.3) is 0 Å². The van der Waals surface area contributed by atoms with Crippen molar-refractivity contribution in [1.82, 2.24) is 0 Å². The van der Waals surface area contributed by atoms with E-state index >= 15 is 0 Å². The first kappa shape index (κ1) is 27.0. The summed E-state index contributed by atoms with van der Waals surface area (Å²) in [6.07, 6.45) is 5.95. The molecule has 3 aromatic rings. The molecule has 3 unspecified atom stereocenters. The van der Waals surface area contributed by atoms with Crippen LogP contribution in [0.3, 0.4) is 0 Å². The molecule has 3 atom stereocenters. The second-order valence-corrected chi connectivity index (χ2v) is 19.6. The van der Waals surface area contributed by atoms with E-state index in [4.69, 9.17) is 0 Å². The van der Waals surface area contributed by atoms with Gasteiger partial charge in [0.15, 0.2) is 0 Å². The van der Waals surface area contributed by atoms with Gasteiger partial charge in [0, 0.05) is 5.66 Å². The second kappa shape index (κ2) is 10.8. The van der Waals surface area contributed by atoms with Gasteiger partial charge in [-0.1, -0.05) is 140 Å². The Hall–Kier alpha value is -2.00. The largest absolute Gasteiger partial charge is 0.0833 e. The van der Waals surface area contributed by atoms with E-state index in [0.717, 1.165) is 6.42 Å². The first-order valence-corrected chi connectivity index (χ1v) is 16.6. The minimum atomic E-state index is -0.401. The zero-order valence-electron chi connectivity index (χ0n) is 23.3. The van der Waals surface area contributed by atoms with Gasteiger partial charge in [-0.15, -0.1) is 0 Å². The van der Waals surface area contributed by atoms with E-state index in [-0.39, 0.29) is 17.9 Å². The second-order valence-electron chi connectivity index (χ2n) is 12.0. The highest BCUT2D eigenvalue weighted by atomic mass is 32.1. The lowest BCUT2D eigenvalue weighted by atomic mass is 9.89. The molecule has 0 N–H and O–H groups in total. The summed E-state index contributed by atoms with van der Waals surface area (Å²) in [5.74, 6) is 0. The van der Waals surface area contributed by atoms with Crippen LogP contribution >= 0.6 is 15.2 Å². The molecule has 0 saturated heterocycles. The Labute approximate surface area is 222 Å². The fraction of sp³-hybridized carbons (Fsp3) is 0.353. The summed E-state index contributed by atoms with van der Waals surface area (Å²) in [5.41, 5.74) is 9.04. The van der Waals surface area contributed by atoms with E-state index < -0.39 is 7.61 Å². The highest BCUT2D eigenvalue weighted by Gasteiger charge is 2.45. The molecule has 0 aliphatic heterocycles. The van der Waals surface area contributed by atoms with Gasteiger partial charge in [-0.2, -0.15) is 0 Å². The number of hydrogen-bond acceptors (Lipinski definition) is 0. The highest BCUT2D eigenvalue weighted by molar-refractivity contribution is 8.34. The number of rotatable bonds is 5. The van der Waals surface area contributed by atoms with Crippen molar-refractivity contribution < 1.29 is 0 Å². The Morgan fingerprint density at radius 3 is 1.83 bits per heavy atom. The number of benzene rings is 3. The van der Waals surface area contributed by atoms with Gasteiger partial charge in [0.1, 0.15) is 0 Å². The molecule has 0 fully saturated rings. The van der Waals surface area contributed by atoms with Crippen LogP contribution in [0.15, 0.2) is 96.6 Å². The molecule has 1 aliphatic carbocycles. The predicted octanol–water partition coefficient (Wildman–Crippen LogP) is 10.6. The van der Waals surface area contributed by atoms with Crippen LogP contribution in [0, 0.1) is 6.92 Å². The molecule has 1 aliphatic rings. The van der Waals surface area contributed by atoms with Crippen LogP contribution in [0.4, 0.5) is 0 Å². The molecule has 0 heterocycles. The molecular formula is C34H42P2. The first-order chi connectivity index (χ1) is 17.0. The lowest BCUT2D eigenvalue weighted by molar-refractivity contribution is 0.769. The van der Waals surface area contributed by atoms with E-state index in [2.05, 4.69) is 146 Å². The van der Waals surface area contributed by atoms with Crippen molar-refractivity contribution in [2.24, 2.45) is 0 Å². The summed E-state index contributed by atoms with van der Waals surface area (Å²) in [6, 6.07) is 29.4. The van der Waals surface area contributed by atoms with E-state index in [9.17, 15) is 0 Å². The summed E-state index contributed by atoms with van der Waals surface area (Å²) >= 11 is 0. The molecule has 36 heavy (non-hydrogen) atoms. The Kier molecular flexibility index (Phi) is 8.10. The van der Waals surface area contributed by atoms with Crippen LogP contribution in [0.1, 0.15) is 66.0 Å². The van der Waals surface area contributed by atoms with E-state index in [0.29, 0.717) is 5.66 Å². The van der Waals surface area contributed by atoms with Crippen LogP contribution < -0.4 is 5.30 Å². The van der Waals surface area contributed by atoms with E-state index in [1.807, 2.05) is 0 Å². The topological polar surface area (TPSA) is 0 Å². The van der Waals surface area contributed by atoms with Gasteiger partial charge >= 0.3 is 0 Å². The van der Waals surface area contributed by atoms with E-state index in [1.54, 1.807) is 10.9 Å². The fourth-order valence-corrected chi connectivity index (χ4v) is 16.7. The maximum atomic E-state index is 2.50. The third-order valence-electron chi connectivity index (χ3n) is 6.97. The van der Waals surface area contributed by atoms with Crippen LogP contribution in [-0.4, -0.2) is 16.0 Å². The smallest absolute Gasteiger partial charge is 0.0131 e. The van der Waals surface area contributed by atoms with Gasteiger partial charge in [-0.25, -0.2) is 0 Å². The van der Waals surface area contributed by atoms with Gasteiger partial charge in [0.05, 0.1) is 0 Å². The summed E-state index contributed by atoms with van der Waals surface area (Å²) in [4.78, 5) is 0. The van der Waals surface area contributed by atoms with E-state index in [1.165, 1.54) is 27.8 Å². The fourth-order valence-electron chi connectivity index (χ4n) is 5.50. The standard InChI is InChI=1S/C34H42P2/c1-25-15-12-13-19-30(25)32-26(2)16-14-20-31(32)36(34(6,7)8)35(33(3,4)5)29-23-21-28(22-24-29)27-17-10-9-11-18-27/h9-19,21-24,31H,20H2,1-8H3. The molecule has 4 rings (SSSR count). The predicted molar refractivity (Wildman–Crippen MR) is 166 cm³/mol. The van der Waals surface area contributed by atoms with Gasteiger partial charge < -0.3 is 0 Å². The number of allylic oxidation sites excluding steroid dienone is 4. The van der Waals surface area contributed by atoms with Gasteiger partial charge in [0.2, 0.25) is 0 Å². The molecule has 2 heteroatoms. The molecule has 0 bridgehead atoms. The zero-order valence-corrected chi connectivity index (χ0v) is 25.1. The molecule has 0 radical (unpaired) electrons. The summed E-state index contributed by atoms with van der Waals surface area (Å²) < 4.78 is 0. The third kappa shape index (κ3) is 5.77. The average Bonchev–Trinajstić information content (AvgIpc) is 2.82. The molecule has 188 valence electrons. The SMILES string of the molecule is CC1=C(c2ccccc2C)C(P(P(c2ccc(-c3ccccc3)cc2)C(C)(C)C)C(C)(C)C)CC=C1. The van der Waals surface area contributed by atoms with Crippen molar-refractivity contribution in [1.29, 1.82) is 0 Å². The summed E-state index contributed by atoms with van der Waals surface area (Å²) in [6.45, 7) is 19.5. The molecular weight excluding hydrogens is 470 g/mol. The molecule has 0 aromatic heterocycles. The maximum Gasteiger partial charge on any atom is 0.0131 e. The monoisotopic (exact) mass is 512 g/mol. The Morgan fingerprint density at radius 2 is 1.25 bits per heavy atom. The molecule has 0 nitrogen and oxygen atoms in total. The van der Waals surface area contributed by atoms with Crippen molar-refractivity contribution in [3.63, 3.8) is 0 Å². The van der Waals surface area contributed by atoms with Crippen molar-refractivity contribution in [3.8, 4) is 11.1 Å². The Morgan fingerprint density at radius 1 is 0.667 bits per heavy atom. The quantitative estimate of drug-likeness (QED) is 0.298. The zero-order chi connectivity index (χ0) is 26.1. The van der Waals surface area contributed by atoms with Crippen LogP contribution in [0.5, 0.6) is 0 Å². The molecule has 0 amide bonds. The molecule has 3 aromatic carbocycles. The molecule has 0 spiro atoms. The summed E-state index contributed by atoms with van der Waals surface area (Å²) in [7, 11) is -0.759. The van der Waals surface area contributed by atoms with Crippen molar-refractivity contribution in [2.75, 3.05) is 0 Å². The normalized spacial score (nSPS) is 18.3. The number of hydrogen-bond donors (Lipinski definition) is 0. The highest BCUT2D eigenvalue weighted by Crippen LogP contribution is 2.83. The van der Waals surface area contributed by atoms with Crippen LogP contribution in [0.25, 0.3) is 16.7 Å². The van der Waals surface area contributed by atoms with Gasteiger partial charge in [-0.05, 0) is 76.9 Å². The minimum Gasteiger partial charge on any atom is -0.0833 e. The molecule has 0 saturated carbocycles. The van der Waals surface area contributed by atoms with Gasteiger partial charge in [-0.3, -0.25) is 0 Å². The lowest BCUT2D eigenvalue weighted by Gasteiger charge is -2.50. The first-order valence-electron chi connectivity index (χ1n) is 13.2. The van der Waals surface area contributed by atoms with Crippen molar-refractivity contribution >= 4 is 26.1 Å². The Bertz CT molecular complexity index is 1230. The average molecular weight is 513 g/mol. The Balaban J connectivity index is 1.84. The van der Waals surface area contributed by atoms with Crippen LogP contribution in [-0.2, 0) is 0 Å². The number of aryl methyl sites for hydroxylation is 1. The summed E-state index contributed by atoms with van der Waals surface area (Å²) in [5, 5.41) is 2.00. The van der Waals surface area contributed by atoms with Crippen LogP contribution in [0.2, 0.25) is 0 Å². The lowest BCUT2D eigenvalue weighted by Crippen LogP contribution is -2.29. The minimum absolute atomic E-state index is 0.217. The third-order valence-corrected chi connectivity index (χ3v) is 18.3.